The topological polar surface area (TPSA) is 62.0 Å². The molecule has 0 aliphatic carbocycles. The number of benzene rings is 1. The van der Waals surface area contributed by atoms with Crippen molar-refractivity contribution >= 4 is 24.4 Å². The SMILES string of the molecule is O=C1OC(CO)CN1c1ccc(ON2CC2CCS)c(F)c1. The lowest BCUT2D eigenvalue weighted by molar-refractivity contribution is 0.0471. The van der Waals surface area contributed by atoms with Crippen LogP contribution in [0.4, 0.5) is 14.9 Å². The van der Waals surface area contributed by atoms with E-state index in [1.165, 1.54) is 17.0 Å². The van der Waals surface area contributed by atoms with E-state index in [9.17, 15) is 9.18 Å². The molecule has 1 N–H and O–H groups in total. The standard InChI is InChI=1S/C14H17FN2O4S/c15-12-5-9(16-7-11(8-18)20-14(16)19)1-2-13(12)21-17-6-10(17)3-4-22/h1-2,5,10-11,18,22H,3-4,6-8H2. The van der Waals surface area contributed by atoms with Crippen molar-refractivity contribution in [3.05, 3.63) is 24.0 Å². The van der Waals surface area contributed by atoms with Gasteiger partial charge in [0.1, 0.15) is 6.10 Å². The molecule has 3 rings (SSSR count). The zero-order valence-corrected chi connectivity index (χ0v) is 12.7. The minimum atomic E-state index is -0.591. The number of nitrogens with zero attached hydrogens (tertiary/aromatic N) is 2. The minimum absolute atomic E-state index is 0.122. The van der Waals surface area contributed by atoms with E-state index in [-0.39, 0.29) is 24.9 Å². The second kappa shape index (κ2) is 6.31. The number of aliphatic hydroxyl groups is 1. The normalized spacial score (nSPS) is 27.0. The average molecular weight is 328 g/mol. The predicted octanol–water partition coefficient (Wildman–Crippen LogP) is 1.44. The van der Waals surface area contributed by atoms with E-state index >= 15 is 0 Å². The van der Waals surface area contributed by atoms with Gasteiger partial charge in [-0.1, -0.05) is 0 Å². The lowest BCUT2D eigenvalue weighted by Gasteiger charge is -2.14. The number of cyclic esters (lactones) is 1. The van der Waals surface area contributed by atoms with Crippen molar-refractivity contribution < 1.29 is 23.9 Å². The fraction of sp³-hybridized carbons (Fsp3) is 0.500. The molecule has 120 valence electrons. The van der Waals surface area contributed by atoms with Gasteiger partial charge in [0.15, 0.2) is 11.6 Å². The number of halogens is 1. The summed E-state index contributed by atoms with van der Waals surface area (Å²) < 4.78 is 19.0. The van der Waals surface area contributed by atoms with Crippen molar-refractivity contribution in [2.45, 2.75) is 18.6 Å². The van der Waals surface area contributed by atoms with Gasteiger partial charge in [0.05, 0.1) is 31.4 Å². The molecule has 8 heteroatoms. The summed E-state index contributed by atoms with van der Waals surface area (Å²) in [4.78, 5) is 18.4. The molecule has 3 atom stereocenters. The van der Waals surface area contributed by atoms with Crippen molar-refractivity contribution in [3.63, 3.8) is 0 Å². The van der Waals surface area contributed by atoms with E-state index in [0.29, 0.717) is 5.69 Å². The molecule has 2 heterocycles. The van der Waals surface area contributed by atoms with E-state index in [4.69, 9.17) is 14.7 Å². The maximum absolute atomic E-state index is 14.1. The summed E-state index contributed by atoms with van der Waals surface area (Å²) in [6.45, 7) is 0.705. The smallest absolute Gasteiger partial charge is 0.414 e. The first-order valence-corrected chi connectivity index (χ1v) is 7.69. The summed E-state index contributed by atoms with van der Waals surface area (Å²) in [5.41, 5.74) is 0.378. The Bertz CT molecular complexity index is 574. The van der Waals surface area contributed by atoms with Crippen LogP contribution in [-0.4, -0.2) is 53.9 Å². The van der Waals surface area contributed by atoms with E-state index in [1.807, 2.05) is 0 Å². The Morgan fingerprint density at radius 3 is 2.91 bits per heavy atom. The van der Waals surface area contributed by atoms with Crippen LogP contribution in [0.2, 0.25) is 0 Å². The second-order valence-electron chi connectivity index (χ2n) is 5.27. The number of ether oxygens (including phenoxy) is 1. The van der Waals surface area contributed by atoms with Crippen molar-refractivity contribution in [1.82, 2.24) is 5.06 Å². The molecule has 0 aromatic heterocycles. The van der Waals surface area contributed by atoms with Crippen LogP contribution in [-0.2, 0) is 4.74 Å². The van der Waals surface area contributed by atoms with Crippen LogP contribution in [0.1, 0.15) is 6.42 Å². The zero-order chi connectivity index (χ0) is 15.7. The first-order chi connectivity index (χ1) is 10.6. The lowest BCUT2D eigenvalue weighted by Crippen LogP contribution is -2.25. The van der Waals surface area contributed by atoms with Crippen molar-refractivity contribution in [2.24, 2.45) is 0 Å². The number of aliphatic hydroxyl groups excluding tert-OH is 1. The summed E-state index contributed by atoms with van der Waals surface area (Å²) in [6, 6.07) is 4.60. The van der Waals surface area contributed by atoms with E-state index in [2.05, 4.69) is 12.6 Å². The number of thiol groups is 1. The highest BCUT2D eigenvalue weighted by Gasteiger charge is 2.37. The summed E-state index contributed by atoms with van der Waals surface area (Å²) in [5, 5.41) is 10.7. The van der Waals surface area contributed by atoms with Crippen molar-refractivity contribution in [3.8, 4) is 5.75 Å². The van der Waals surface area contributed by atoms with Gasteiger partial charge < -0.3 is 14.7 Å². The van der Waals surface area contributed by atoms with Crippen molar-refractivity contribution in [2.75, 3.05) is 30.3 Å². The van der Waals surface area contributed by atoms with Crippen LogP contribution in [0, 0.1) is 5.82 Å². The Morgan fingerprint density at radius 1 is 1.45 bits per heavy atom. The number of anilines is 1. The molecule has 0 saturated carbocycles. The molecule has 2 saturated heterocycles. The molecule has 6 nitrogen and oxygen atoms in total. The zero-order valence-electron chi connectivity index (χ0n) is 11.8. The molecular formula is C14H17FN2O4S. The lowest BCUT2D eigenvalue weighted by atomic mass is 10.2. The number of rotatable bonds is 6. The fourth-order valence-corrected chi connectivity index (χ4v) is 2.64. The van der Waals surface area contributed by atoms with Gasteiger partial charge in [-0.2, -0.15) is 12.6 Å². The summed E-state index contributed by atoms with van der Waals surface area (Å²) in [7, 11) is 0. The third-order valence-corrected chi connectivity index (χ3v) is 3.91. The molecule has 3 unspecified atom stereocenters. The summed E-state index contributed by atoms with van der Waals surface area (Å²) >= 11 is 4.15. The molecule has 2 aliphatic heterocycles. The quantitative estimate of drug-likeness (QED) is 0.611. The maximum atomic E-state index is 14.1. The predicted molar refractivity (Wildman–Crippen MR) is 80.7 cm³/mol. The highest BCUT2D eigenvalue weighted by Crippen LogP contribution is 2.30. The third kappa shape index (κ3) is 3.13. The summed E-state index contributed by atoms with van der Waals surface area (Å²) in [5.74, 6) is 0.334. The van der Waals surface area contributed by atoms with Gasteiger partial charge in [0.25, 0.3) is 0 Å². The highest BCUT2D eigenvalue weighted by atomic mass is 32.1. The molecule has 1 aromatic rings. The van der Waals surface area contributed by atoms with Crippen LogP contribution >= 0.6 is 12.6 Å². The molecule has 22 heavy (non-hydrogen) atoms. The first-order valence-electron chi connectivity index (χ1n) is 7.06. The van der Waals surface area contributed by atoms with Gasteiger partial charge in [0, 0.05) is 6.07 Å². The monoisotopic (exact) mass is 328 g/mol. The highest BCUT2D eigenvalue weighted by molar-refractivity contribution is 7.80. The Morgan fingerprint density at radius 2 is 2.27 bits per heavy atom. The summed E-state index contributed by atoms with van der Waals surface area (Å²) in [6.07, 6.45) is -0.275. The molecule has 2 fully saturated rings. The van der Waals surface area contributed by atoms with Gasteiger partial charge in [-0.15, -0.1) is 5.06 Å². The Balaban J connectivity index is 1.66. The van der Waals surface area contributed by atoms with Crippen molar-refractivity contribution in [1.29, 1.82) is 0 Å². The Kier molecular flexibility index (Phi) is 4.42. The van der Waals surface area contributed by atoms with Gasteiger partial charge in [0.2, 0.25) is 0 Å². The molecule has 0 spiro atoms. The van der Waals surface area contributed by atoms with E-state index in [0.717, 1.165) is 18.7 Å². The number of carbonyl (C=O) groups is 1. The van der Waals surface area contributed by atoms with Gasteiger partial charge >= 0.3 is 6.09 Å². The second-order valence-corrected chi connectivity index (χ2v) is 5.72. The average Bonchev–Trinajstić information content (AvgIpc) is 3.11. The largest absolute Gasteiger partial charge is 0.441 e. The van der Waals surface area contributed by atoms with Gasteiger partial charge in [-0.25, -0.2) is 9.18 Å². The maximum Gasteiger partial charge on any atom is 0.414 e. The number of hydrogen-bond acceptors (Lipinski definition) is 6. The fourth-order valence-electron chi connectivity index (χ4n) is 2.34. The van der Waals surface area contributed by atoms with Crippen LogP contribution in [0.3, 0.4) is 0 Å². The molecule has 1 aromatic carbocycles. The van der Waals surface area contributed by atoms with Gasteiger partial charge in [-0.05, 0) is 24.3 Å². The first kappa shape index (κ1) is 15.4. The number of hydroxylamine groups is 2. The number of carbonyl (C=O) groups excluding carboxylic acids is 1. The Hall–Kier alpha value is -1.51. The van der Waals surface area contributed by atoms with Crippen LogP contribution in [0.25, 0.3) is 0 Å². The van der Waals surface area contributed by atoms with Crippen LogP contribution in [0.15, 0.2) is 18.2 Å². The molecule has 1 amide bonds. The number of hydrogen-bond donors (Lipinski definition) is 2. The van der Waals surface area contributed by atoms with Crippen LogP contribution < -0.4 is 9.74 Å². The number of amides is 1. The third-order valence-electron chi connectivity index (χ3n) is 3.65. The Labute approximate surface area is 132 Å². The molecular weight excluding hydrogens is 311 g/mol. The molecule has 0 bridgehead atoms. The minimum Gasteiger partial charge on any atom is -0.441 e. The van der Waals surface area contributed by atoms with Gasteiger partial charge in [-0.3, -0.25) is 4.90 Å². The van der Waals surface area contributed by atoms with E-state index in [1.54, 1.807) is 11.1 Å². The van der Waals surface area contributed by atoms with E-state index < -0.39 is 18.0 Å². The molecule has 2 aliphatic rings. The molecule has 0 radical (unpaired) electrons. The van der Waals surface area contributed by atoms with Crippen LogP contribution in [0.5, 0.6) is 5.75 Å².